The number of rotatable bonds is 11. The molecule has 0 spiro atoms. The molecule has 1 aliphatic rings. The number of nitrogens with one attached hydrogen (secondary N) is 2. The van der Waals surface area contributed by atoms with Gasteiger partial charge in [-0.2, -0.15) is 0 Å². The summed E-state index contributed by atoms with van der Waals surface area (Å²) in [5.74, 6) is 1.01. The maximum absolute atomic E-state index is 11.8. The van der Waals surface area contributed by atoms with Gasteiger partial charge in [0.15, 0.2) is 0 Å². The smallest absolute Gasteiger partial charge is 0.211 e. The first-order chi connectivity index (χ1) is 9.64. The lowest BCUT2D eigenvalue weighted by Crippen LogP contribution is -2.29. The predicted molar refractivity (Wildman–Crippen MR) is 85.4 cm³/mol. The van der Waals surface area contributed by atoms with Crippen molar-refractivity contribution in [2.24, 2.45) is 5.92 Å². The maximum Gasteiger partial charge on any atom is 0.211 e. The van der Waals surface area contributed by atoms with Crippen LogP contribution in [0.3, 0.4) is 0 Å². The van der Waals surface area contributed by atoms with E-state index in [1.807, 2.05) is 0 Å². The Balaban J connectivity index is 2.02. The van der Waals surface area contributed by atoms with Crippen LogP contribution in [-0.4, -0.2) is 33.8 Å². The summed E-state index contributed by atoms with van der Waals surface area (Å²) in [6.07, 6.45) is 10.4. The Morgan fingerprint density at radius 1 is 1.00 bits per heavy atom. The maximum atomic E-state index is 11.8. The van der Waals surface area contributed by atoms with E-state index in [2.05, 4.69) is 17.0 Å². The molecule has 0 aliphatic heterocycles. The topological polar surface area (TPSA) is 58.2 Å². The van der Waals surface area contributed by atoms with E-state index < -0.39 is 10.0 Å². The molecule has 0 radical (unpaired) electrons. The fourth-order valence-corrected chi connectivity index (χ4v) is 3.97. The third-order valence-corrected chi connectivity index (χ3v) is 5.51. The SMILES string of the molecule is CCCNCCCCS(=O)(=O)NCCC1CCCCC1. The minimum atomic E-state index is -3.05. The molecule has 1 rings (SSSR count). The van der Waals surface area contributed by atoms with Crippen molar-refractivity contribution in [3.63, 3.8) is 0 Å². The van der Waals surface area contributed by atoms with Gasteiger partial charge in [0.05, 0.1) is 5.75 Å². The van der Waals surface area contributed by atoms with E-state index in [1.54, 1.807) is 0 Å². The van der Waals surface area contributed by atoms with Gasteiger partial charge in [-0.15, -0.1) is 0 Å². The summed E-state index contributed by atoms with van der Waals surface area (Å²) < 4.78 is 26.4. The second-order valence-corrected chi connectivity index (χ2v) is 7.89. The minimum Gasteiger partial charge on any atom is -0.317 e. The van der Waals surface area contributed by atoms with E-state index >= 15 is 0 Å². The van der Waals surface area contributed by atoms with Crippen LogP contribution in [0.15, 0.2) is 0 Å². The fourth-order valence-electron chi connectivity index (χ4n) is 2.81. The van der Waals surface area contributed by atoms with Gasteiger partial charge in [-0.1, -0.05) is 39.0 Å². The van der Waals surface area contributed by atoms with Gasteiger partial charge in [-0.25, -0.2) is 13.1 Å². The third kappa shape index (κ3) is 8.93. The van der Waals surface area contributed by atoms with Crippen LogP contribution in [0.25, 0.3) is 0 Å². The monoisotopic (exact) mass is 304 g/mol. The zero-order chi connectivity index (χ0) is 14.7. The number of sulfonamides is 1. The summed E-state index contributed by atoms with van der Waals surface area (Å²) in [6, 6.07) is 0. The van der Waals surface area contributed by atoms with Crippen molar-refractivity contribution in [2.45, 2.75) is 64.7 Å². The van der Waals surface area contributed by atoms with Crippen LogP contribution in [0, 0.1) is 5.92 Å². The molecule has 0 aromatic rings. The second kappa shape index (κ2) is 10.6. The van der Waals surface area contributed by atoms with Crippen LogP contribution in [-0.2, 0) is 10.0 Å². The van der Waals surface area contributed by atoms with E-state index in [4.69, 9.17) is 0 Å². The van der Waals surface area contributed by atoms with Crippen LogP contribution >= 0.6 is 0 Å². The first kappa shape index (κ1) is 17.9. The van der Waals surface area contributed by atoms with E-state index in [9.17, 15) is 8.42 Å². The quantitative estimate of drug-likeness (QED) is 0.577. The van der Waals surface area contributed by atoms with Crippen LogP contribution < -0.4 is 10.0 Å². The van der Waals surface area contributed by atoms with Gasteiger partial charge in [-0.05, 0) is 44.7 Å². The molecule has 5 heteroatoms. The molecule has 0 unspecified atom stereocenters. The molecular weight excluding hydrogens is 272 g/mol. The number of hydrogen-bond acceptors (Lipinski definition) is 3. The standard InChI is InChI=1S/C15H32N2O2S/c1-2-11-16-12-6-7-14-20(18,19)17-13-10-15-8-4-3-5-9-15/h15-17H,2-14H2,1H3. The van der Waals surface area contributed by atoms with Gasteiger partial charge < -0.3 is 5.32 Å². The largest absolute Gasteiger partial charge is 0.317 e. The highest BCUT2D eigenvalue weighted by Gasteiger charge is 2.15. The summed E-state index contributed by atoms with van der Waals surface area (Å²) in [5, 5.41) is 3.29. The predicted octanol–water partition coefficient (Wildman–Crippen LogP) is 2.66. The molecule has 0 bridgehead atoms. The van der Waals surface area contributed by atoms with Crippen molar-refractivity contribution in [3.8, 4) is 0 Å². The molecule has 1 aliphatic carbocycles. The summed E-state index contributed by atoms with van der Waals surface area (Å²) in [7, 11) is -3.05. The van der Waals surface area contributed by atoms with Crippen molar-refractivity contribution in [1.29, 1.82) is 0 Å². The average molecular weight is 305 g/mol. The van der Waals surface area contributed by atoms with Gasteiger partial charge >= 0.3 is 0 Å². The van der Waals surface area contributed by atoms with E-state index in [-0.39, 0.29) is 5.75 Å². The summed E-state index contributed by atoms with van der Waals surface area (Å²) >= 11 is 0. The summed E-state index contributed by atoms with van der Waals surface area (Å²) in [4.78, 5) is 0. The van der Waals surface area contributed by atoms with E-state index in [0.717, 1.165) is 44.7 Å². The molecule has 0 saturated heterocycles. The fraction of sp³-hybridized carbons (Fsp3) is 1.00. The van der Waals surface area contributed by atoms with Crippen molar-refractivity contribution < 1.29 is 8.42 Å². The van der Waals surface area contributed by atoms with Gasteiger partial charge in [0.2, 0.25) is 10.0 Å². The Morgan fingerprint density at radius 2 is 1.75 bits per heavy atom. The highest BCUT2D eigenvalue weighted by atomic mass is 32.2. The molecule has 20 heavy (non-hydrogen) atoms. The summed E-state index contributed by atoms with van der Waals surface area (Å²) in [5.41, 5.74) is 0. The lowest BCUT2D eigenvalue weighted by Gasteiger charge is -2.21. The van der Waals surface area contributed by atoms with E-state index in [0.29, 0.717) is 6.54 Å². The van der Waals surface area contributed by atoms with Crippen LogP contribution in [0.1, 0.15) is 64.7 Å². The Labute approximate surface area is 125 Å². The molecular formula is C15H32N2O2S. The van der Waals surface area contributed by atoms with Crippen molar-refractivity contribution in [1.82, 2.24) is 10.0 Å². The van der Waals surface area contributed by atoms with Crippen LogP contribution in [0.4, 0.5) is 0 Å². The zero-order valence-corrected chi connectivity index (χ0v) is 13.8. The Morgan fingerprint density at radius 3 is 2.45 bits per heavy atom. The molecule has 1 saturated carbocycles. The van der Waals surface area contributed by atoms with Crippen molar-refractivity contribution in [3.05, 3.63) is 0 Å². The molecule has 1 fully saturated rings. The Bertz CT molecular complexity index is 325. The third-order valence-electron chi connectivity index (χ3n) is 4.04. The van der Waals surface area contributed by atoms with Gasteiger partial charge in [-0.3, -0.25) is 0 Å². The molecule has 120 valence electrons. The van der Waals surface area contributed by atoms with Crippen molar-refractivity contribution in [2.75, 3.05) is 25.4 Å². The Hall–Kier alpha value is -0.130. The molecule has 0 aromatic carbocycles. The lowest BCUT2D eigenvalue weighted by atomic mass is 9.87. The molecule has 4 nitrogen and oxygen atoms in total. The van der Waals surface area contributed by atoms with Crippen LogP contribution in [0.5, 0.6) is 0 Å². The average Bonchev–Trinajstić information content (AvgIpc) is 2.44. The van der Waals surface area contributed by atoms with Gasteiger partial charge in [0.25, 0.3) is 0 Å². The zero-order valence-electron chi connectivity index (χ0n) is 13.0. The number of unbranched alkanes of at least 4 members (excludes halogenated alkanes) is 1. The highest BCUT2D eigenvalue weighted by molar-refractivity contribution is 7.89. The molecule has 0 atom stereocenters. The lowest BCUT2D eigenvalue weighted by molar-refractivity contribution is 0.339. The molecule has 0 aromatic heterocycles. The Kier molecular flexibility index (Phi) is 9.48. The highest BCUT2D eigenvalue weighted by Crippen LogP contribution is 2.25. The van der Waals surface area contributed by atoms with Crippen LogP contribution in [0.2, 0.25) is 0 Å². The van der Waals surface area contributed by atoms with E-state index in [1.165, 1.54) is 32.1 Å². The molecule has 2 N–H and O–H groups in total. The second-order valence-electron chi connectivity index (χ2n) is 5.96. The molecule has 0 amide bonds. The first-order valence-corrected chi connectivity index (χ1v) is 9.97. The van der Waals surface area contributed by atoms with Crippen molar-refractivity contribution >= 4 is 10.0 Å². The number of hydrogen-bond donors (Lipinski definition) is 2. The van der Waals surface area contributed by atoms with Gasteiger partial charge in [0, 0.05) is 6.54 Å². The van der Waals surface area contributed by atoms with Gasteiger partial charge in [0.1, 0.15) is 0 Å². The minimum absolute atomic E-state index is 0.269. The normalized spacial score (nSPS) is 17.4. The summed E-state index contributed by atoms with van der Waals surface area (Å²) in [6.45, 7) is 4.70. The molecule has 0 heterocycles. The first-order valence-electron chi connectivity index (χ1n) is 8.32.